The summed E-state index contributed by atoms with van der Waals surface area (Å²) >= 11 is 0. The lowest BCUT2D eigenvalue weighted by Gasteiger charge is -1.96. The van der Waals surface area contributed by atoms with Gasteiger partial charge in [0.2, 0.25) is 0 Å². The summed E-state index contributed by atoms with van der Waals surface area (Å²) in [6.45, 7) is 3.04. The maximum Gasteiger partial charge on any atom is 0.134 e. The van der Waals surface area contributed by atoms with Crippen LogP contribution in [0.25, 0.3) is 11.0 Å². The van der Waals surface area contributed by atoms with E-state index >= 15 is 0 Å². The summed E-state index contributed by atoms with van der Waals surface area (Å²) in [6, 6.07) is 9.33. The van der Waals surface area contributed by atoms with Crippen molar-refractivity contribution < 1.29 is 4.42 Å². The van der Waals surface area contributed by atoms with Crippen LogP contribution in [0, 0.1) is 0 Å². The van der Waals surface area contributed by atoms with E-state index in [0.29, 0.717) is 0 Å². The molecule has 84 valence electrons. The Balaban J connectivity index is 1.83. The molecule has 1 aromatic heterocycles. The van der Waals surface area contributed by atoms with E-state index in [1.807, 2.05) is 0 Å². The molecule has 0 aliphatic heterocycles. The Labute approximate surface area is 95.6 Å². The Morgan fingerprint density at radius 3 is 2.94 bits per heavy atom. The highest BCUT2D eigenvalue weighted by molar-refractivity contribution is 5.78. The van der Waals surface area contributed by atoms with E-state index in [4.69, 9.17) is 4.42 Å². The predicted molar refractivity (Wildman–Crippen MR) is 65.5 cm³/mol. The van der Waals surface area contributed by atoms with Crippen LogP contribution in [-0.4, -0.2) is 6.04 Å². The number of rotatable bonds is 4. The van der Waals surface area contributed by atoms with Gasteiger partial charge < -0.3 is 9.73 Å². The Hall–Kier alpha value is -1.28. The standard InChI is InChI=1S/C14H17NO/c1-2-10-3-6-14-11(7-10)8-13(16-14)9-15-12-4-5-12/h3,6-8,12,15H,2,4-5,9H2,1H3. The molecular weight excluding hydrogens is 198 g/mol. The van der Waals surface area contributed by atoms with Crippen LogP contribution in [0.1, 0.15) is 31.1 Å². The third-order valence-electron chi connectivity index (χ3n) is 3.18. The highest BCUT2D eigenvalue weighted by Crippen LogP contribution is 2.23. The van der Waals surface area contributed by atoms with Gasteiger partial charge in [-0.15, -0.1) is 0 Å². The monoisotopic (exact) mass is 215 g/mol. The largest absolute Gasteiger partial charge is 0.460 e. The van der Waals surface area contributed by atoms with E-state index < -0.39 is 0 Å². The first-order valence-electron chi connectivity index (χ1n) is 6.10. The topological polar surface area (TPSA) is 25.2 Å². The van der Waals surface area contributed by atoms with E-state index in [9.17, 15) is 0 Å². The fraction of sp³-hybridized carbons (Fsp3) is 0.429. The molecule has 0 amide bonds. The second-order valence-corrected chi connectivity index (χ2v) is 4.59. The lowest BCUT2D eigenvalue weighted by molar-refractivity contribution is 0.512. The fourth-order valence-corrected chi connectivity index (χ4v) is 1.99. The molecule has 0 atom stereocenters. The molecule has 1 fully saturated rings. The summed E-state index contributed by atoms with van der Waals surface area (Å²) in [5.41, 5.74) is 2.37. The van der Waals surface area contributed by atoms with Crippen LogP contribution < -0.4 is 5.32 Å². The van der Waals surface area contributed by atoms with Gasteiger partial charge in [0.05, 0.1) is 6.54 Å². The lowest BCUT2D eigenvalue weighted by Crippen LogP contribution is -2.14. The molecule has 1 aromatic carbocycles. The fourth-order valence-electron chi connectivity index (χ4n) is 1.99. The van der Waals surface area contributed by atoms with E-state index in [0.717, 1.165) is 30.4 Å². The molecule has 2 nitrogen and oxygen atoms in total. The molecule has 0 bridgehead atoms. The number of hydrogen-bond acceptors (Lipinski definition) is 2. The van der Waals surface area contributed by atoms with Crippen LogP contribution in [-0.2, 0) is 13.0 Å². The van der Waals surface area contributed by atoms with Gasteiger partial charge in [-0.2, -0.15) is 0 Å². The number of nitrogens with one attached hydrogen (secondary N) is 1. The second-order valence-electron chi connectivity index (χ2n) is 4.59. The summed E-state index contributed by atoms with van der Waals surface area (Å²) in [4.78, 5) is 0. The molecule has 1 aliphatic rings. The van der Waals surface area contributed by atoms with Crippen molar-refractivity contribution in [2.24, 2.45) is 0 Å². The van der Waals surface area contributed by atoms with Gasteiger partial charge in [-0.3, -0.25) is 0 Å². The first-order chi connectivity index (χ1) is 7.85. The first-order valence-corrected chi connectivity index (χ1v) is 6.10. The van der Waals surface area contributed by atoms with Crippen LogP contribution >= 0.6 is 0 Å². The van der Waals surface area contributed by atoms with Crippen LogP contribution in [0.15, 0.2) is 28.7 Å². The van der Waals surface area contributed by atoms with Crippen LogP contribution in [0.5, 0.6) is 0 Å². The molecule has 0 saturated heterocycles. The zero-order chi connectivity index (χ0) is 11.0. The number of fused-ring (bicyclic) bond motifs is 1. The van der Waals surface area contributed by atoms with E-state index in [2.05, 4.69) is 36.5 Å². The van der Waals surface area contributed by atoms with Gasteiger partial charge in [0.1, 0.15) is 11.3 Å². The molecule has 1 aliphatic carbocycles. The van der Waals surface area contributed by atoms with Gasteiger partial charge in [-0.25, -0.2) is 0 Å². The van der Waals surface area contributed by atoms with Crippen molar-refractivity contribution in [3.05, 3.63) is 35.6 Å². The third kappa shape index (κ3) is 1.98. The zero-order valence-corrected chi connectivity index (χ0v) is 9.62. The number of aryl methyl sites for hydroxylation is 1. The molecule has 0 radical (unpaired) electrons. The quantitative estimate of drug-likeness (QED) is 0.847. The summed E-state index contributed by atoms with van der Waals surface area (Å²) in [7, 11) is 0. The molecule has 1 saturated carbocycles. The zero-order valence-electron chi connectivity index (χ0n) is 9.62. The Morgan fingerprint density at radius 1 is 1.31 bits per heavy atom. The van der Waals surface area contributed by atoms with E-state index in [1.54, 1.807) is 0 Å². The second kappa shape index (κ2) is 3.95. The van der Waals surface area contributed by atoms with Crippen molar-refractivity contribution in [3.8, 4) is 0 Å². The number of hydrogen-bond donors (Lipinski definition) is 1. The van der Waals surface area contributed by atoms with Crippen molar-refractivity contribution in [1.29, 1.82) is 0 Å². The van der Waals surface area contributed by atoms with Crippen LogP contribution in [0.3, 0.4) is 0 Å². The van der Waals surface area contributed by atoms with Gasteiger partial charge in [0.25, 0.3) is 0 Å². The van der Waals surface area contributed by atoms with Gasteiger partial charge in [-0.05, 0) is 43.0 Å². The molecule has 0 unspecified atom stereocenters. The first kappa shape index (κ1) is 9.91. The van der Waals surface area contributed by atoms with Crippen LogP contribution in [0.2, 0.25) is 0 Å². The Morgan fingerprint density at radius 2 is 2.19 bits per heavy atom. The molecule has 2 aromatic rings. The molecule has 0 spiro atoms. The smallest absolute Gasteiger partial charge is 0.134 e. The molecular formula is C14H17NO. The third-order valence-corrected chi connectivity index (χ3v) is 3.18. The van der Waals surface area contributed by atoms with E-state index in [1.165, 1.54) is 23.8 Å². The highest BCUT2D eigenvalue weighted by Gasteiger charge is 2.20. The number of benzene rings is 1. The highest BCUT2D eigenvalue weighted by atomic mass is 16.3. The number of furan rings is 1. The predicted octanol–water partition coefficient (Wildman–Crippen LogP) is 3.25. The van der Waals surface area contributed by atoms with Crippen molar-refractivity contribution in [1.82, 2.24) is 5.32 Å². The van der Waals surface area contributed by atoms with Gasteiger partial charge in [-0.1, -0.05) is 13.0 Å². The van der Waals surface area contributed by atoms with Gasteiger partial charge in [0.15, 0.2) is 0 Å². The molecule has 1 N–H and O–H groups in total. The van der Waals surface area contributed by atoms with Gasteiger partial charge in [0, 0.05) is 11.4 Å². The summed E-state index contributed by atoms with van der Waals surface area (Å²) in [6.07, 6.45) is 3.72. The normalized spacial score (nSPS) is 15.8. The van der Waals surface area contributed by atoms with E-state index in [-0.39, 0.29) is 0 Å². The Bertz CT molecular complexity index is 496. The lowest BCUT2D eigenvalue weighted by atomic mass is 10.1. The van der Waals surface area contributed by atoms with Crippen molar-refractivity contribution in [2.75, 3.05) is 0 Å². The van der Waals surface area contributed by atoms with Crippen molar-refractivity contribution >= 4 is 11.0 Å². The molecule has 16 heavy (non-hydrogen) atoms. The van der Waals surface area contributed by atoms with Crippen molar-refractivity contribution in [2.45, 2.75) is 38.8 Å². The average molecular weight is 215 g/mol. The SMILES string of the molecule is CCc1ccc2oc(CNC3CC3)cc2c1. The average Bonchev–Trinajstić information content (AvgIpc) is 3.04. The minimum Gasteiger partial charge on any atom is -0.460 e. The van der Waals surface area contributed by atoms with Crippen LogP contribution in [0.4, 0.5) is 0 Å². The maximum absolute atomic E-state index is 5.78. The molecule has 1 heterocycles. The summed E-state index contributed by atoms with van der Waals surface area (Å²) < 4.78 is 5.78. The minimum absolute atomic E-state index is 0.736. The summed E-state index contributed by atoms with van der Waals surface area (Å²) in [5.74, 6) is 1.05. The van der Waals surface area contributed by atoms with Gasteiger partial charge >= 0.3 is 0 Å². The summed E-state index contributed by atoms with van der Waals surface area (Å²) in [5, 5.41) is 4.70. The maximum atomic E-state index is 5.78. The minimum atomic E-state index is 0.736. The molecule has 2 heteroatoms. The van der Waals surface area contributed by atoms with Crippen molar-refractivity contribution in [3.63, 3.8) is 0 Å². The molecule has 3 rings (SSSR count). The Kier molecular flexibility index (Phi) is 2.44.